The Morgan fingerprint density at radius 3 is 2.52 bits per heavy atom. The van der Waals surface area contributed by atoms with Crippen molar-refractivity contribution in [2.75, 3.05) is 6.54 Å². The van der Waals surface area contributed by atoms with E-state index < -0.39 is 30.0 Å². The number of rotatable bonds is 2. The molecule has 0 bridgehead atoms. The second-order valence-electron chi connectivity index (χ2n) is 5.35. The molecule has 0 radical (unpaired) electrons. The summed E-state index contributed by atoms with van der Waals surface area (Å²) >= 11 is 0. The van der Waals surface area contributed by atoms with Crippen LogP contribution >= 0.6 is 0 Å². The monoisotopic (exact) mass is 333 g/mol. The van der Waals surface area contributed by atoms with Gasteiger partial charge in [-0.15, -0.1) is 0 Å². The van der Waals surface area contributed by atoms with Gasteiger partial charge in [-0.2, -0.15) is 13.2 Å². The molecule has 2 amide bonds. The highest BCUT2D eigenvalue weighted by molar-refractivity contribution is 5.92. The fraction of sp³-hybridized carbons (Fsp3) is 0.500. The van der Waals surface area contributed by atoms with Crippen LogP contribution in [0, 0.1) is 5.82 Å². The van der Waals surface area contributed by atoms with Gasteiger partial charge in [0.25, 0.3) is 5.91 Å². The number of pyridine rings is 1. The normalized spacial score (nSPS) is 21.9. The Balaban J connectivity index is 2.25. The highest BCUT2D eigenvalue weighted by Gasteiger charge is 2.48. The van der Waals surface area contributed by atoms with Crippen molar-refractivity contribution in [2.24, 2.45) is 0 Å². The number of likely N-dealkylation sites (tertiary alicyclic amines) is 1. The molecule has 1 aromatic heterocycles. The molecule has 2 rings (SSSR count). The molecule has 1 aromatic rings. The molecule has 0 saturated carbocycles. The lowest BCUT2D eigenvalue weighted by molar-refractivity contribution is -0.184. The number of nitrogens with zero attached hydrogens (tertiary/aromatic N) is 2. The number of piperidine rings is 1. The zero-order valence-electron chi connectivity index (χ0n) is 12.2. The molecule has 1 aliphatic heterocycles. The minimum absolute atomic E-state index is 0.115. The Bertz CT molecular complexity index is 589. The second-order valence-corrected chi connectivity index (χ2v) is 5.35. The van der Waals surface area contributed by atoms with Crippen molar-refractivity contribution >= 4 is 11.8 Å². The van der Waals surface area contributed by atoms with Crippen molar-refractivity contribution < 1.29 is 27.2 Å². The molecule has 0 aromatic carbocycles. The van der Waals surface area contributed by atoms with Crippen LogP contribution in [0.1, 0.15) is 30.3 Å². The summed E-state index contributed by atoms with van der Waals surface area (Å²) in [7, 11) is 0. The Kier molecular flexibility index (Phi) is 4.86. The van der Waals surface area contributed by atoms with Gasteiger partial charge in [-0.3, -0.25) is 9.59 Å². The first-order valence-electron chi connectivity index (χ1n) is 6.95. The lowest BCUT2D eigenvalue weighted by Gasteiger charge is -2.40. The van der Waals surface area contributed by atoms with E-state index in [2.05, 4.69) is 10.3 Å². The number of amides is 2. The van der Waals surface area contributed by atoms with E-state index in [1.54, 1.807) is 0 Å². The summed E-state index contributed by atoms with van der Waals surface area (Å²) in [4.78, 5) is 27.6. The van der Waals surface area contributed by atoms with Crippen molar-refractivity contribution in [1.82, 2.24) is 15.2 Å². The van der Waals surface area contributed by atoms with Crippen molar-refractivity contribution in [3.63, 3.8) is 0 Å². The summed E-state index contributed by atoms with van der Waals surface area (Å²) in [6.07, 6.45) is -4.02. The van der Waals surface area contributed by atoms with E-state index in [9.17, 15) is 27.2 Å². The molecule has 1 saturated heterocycles. The van der Waals surface area contributed by atoms with Gasteiger partial charge in [0.05, 0.1) is 6.20 Å². The number of halogens is 4. The number of nitrogens with one attached hydrogen (secondary N) is 1. The molecule has 1 fully saturated rings. The highest BCUT2D eigenvalue weighted by atomic mass is 19.4. The molecule has 5 nitrogen and oxygen atoms in total. The molecule has 126 valence electrons. The molecular formula is C14H15F4N3O2. The first-order chi connectivity index (χ1) is 10.7. The third kappa shape index (κ3) is 4.17. The summed E-state index contributed by atoms with van der Waals surface area (Å²) in [5, 5.41) is 2.52. The predicted octanol–water partition coefficient (Wildman–Crippen LogP) is 1.89. The number of hydrogen-bond donors (Lipinski definition) is 1. The summed E-state index contributed by atoms with van der Waals surface area (Å²) in [5.74, 6) is -2.01. The standard InChI is InChI=1S/C14H15F4N3O2/c1-8(22)20-10-3-5-12(14(16,17)18)21(7-10)13(23)11-4-2-9(15)6-19-11/h2,4,6,10,12H,3,5,7H2,1H3,(H,20,22)/t10-,12+/m1/s1. The largest absolute Gasteiger partial charge is 0.408 e. The van der Waals surface area contributed by atoms with Gasteiger partial charge in [0.2, 0.25) is 5.91 Å². The molecule has 23 heavy (non-hydrogen) atoms. The second kappa shape index (κ2) is 6.51. The Labute approximate surface area is 129 Å². The lowest BCUT2D eigenvalue weighted by Crippen LogP contribution is -2.58. The quantitative estimate of drug-likeness (QED) is 0.841. The summed E-state index contributed by atoms with van der Waals surface area (Å²) in [5.41, 5.74) is -0.274. The van der Waals surface area contributed by atoms with Crippen LogP contribution in [0.25, 0.3) is 0 Å². The predicted molar refractivity (Wildman–Crippen MR) is 71.9 cm³/mol. The van der Waals surface area contributed by atoms with Crippen molar-refractivity contribution in [3.8, 4) is 0 Å². The Morgan fingerprint density at radius 1 is 1.30 bits per heavy atom. The van der Waals surface area contributed by atoms with E-state index in [1.165, 1.54) is 6.92 Å². The van der Waals surface area contributed by atoms with Crippen LogP contribution in [0.15, 0.2) is 18.3 Å². The maximum atomic E-state index is 13.2. The topological polar surface area (TPSA) is 62.3 Å². The van der Waals surface area contributed by atoms with Gasteiger partial charge < -0.3 is 10.2 Å². The van der Waals surface area contributed by atoms with Crippen LogP contribution in [0.5, 0.6) is 0 Å². The van der Waals surface area contributed by atoms with Gasteiger partial charge in [-0.25, -0.2) is 9.37 Å². The summed E-state index contributed by atoms with van der Waals surface area (Å²) in [6, 6.07) is -0.520. The molecule has 1 N–H and O–H groups in total. The molecule has 0 unspecified atom stereocenters. The van der Waals surface area contributed by atoms with Gasteiger partial charge in [-0.1, -0.05) is 0 Å². The molecular weight excluding hydrogens is 318 g/mol. The molecule has 2 atom stereocenters. The summed E-state index contributed by atoms with van der Waals surface area (Å²) in [6.45, 7) is 0.977. The maximum Gasteiger partial charge on any atom is 0.408 e. The fourth-order valence-corrected chi connectivity index (χ4v) is 2.59. The SMILES string of the molecule is CC(=O)N[C@@H]1CC[C@@H](C(F)(F)F)N(C(=O)c2ccc(F)cn2)C1. The highest BCUT2D eigenvalue weighted by Crippen LogP contribution is 2.32. The zero-order chi connectivity index (χ0) is 17.2. The van der Waals surface area contributed by atoms with Gasteiger partial charge in [-0.05, 0) is 25.0 Å². The number of aromatic nitrogens is 1. The van der Waals surface area contributed by atoms with E-state index in [0.717, 1.165) is 18.3 Å². The molecule has 1 aliphatic rings. The van der Waals surface area contributed by atoms with E-state index in [-0.39, 0.29) is 31.0 Å². The van der Waals surface area contributed by atoms with Crippen molar-refractivity contribution in [2.45, 2.75) is 38.0 Å². The fourth-order valence-electron chi connectivity index (χ4n) is 2.59. The average molecular weight is 333 g/mol. The number of carbonyl (C=O) groups excluding carboxylic acids is 2. The first-order valence-corrected chi connectivity index (χ1v) is 6.95. The van der Waals surface area contributed by atoms with Crippen molar-refractivity contribution in [1.29, 1.82) is 0 Å². The van der Waals surface area contributed by atoms with Gasteiger partial charge in [0, 0.05) is 19.5 Å². The molecule has 0 aliphatic carbocycles. The third-order valence-corrected chi connectivity index (χ3v) is 3.57. The maximum absolute atomic E-state index is 13.2. The molecule has 0 spiro atoms. The van der Waals surface area contributed by atoms with Crippen LogP contribution in [0.4, 0.5) is 17.6 Å². The van der Waals surface area contributed by atoms with Crippen molar-refractivity contribution in [3.05, 3.63) is 29.8 Å². The van der Waals surface area contributed by atoms with Crippen LogP contribution in [0.2, 0.25) is 0 Å². The number of hydrogen-bond acceptors (Lipinski definition) is 3. The van der Waals surface area contributed by atoms with Gasteiger partial charge >= 0.3 is 6.18 Å². The van der Waals surface area contributed by atoms with E-state index in [4.69, 9.17) is 0 Å². The third-order valence-electron chi connectivity index (χ3n) is 3.57. The first kappa shape index (κ1) is 17.2. The van der Waals surface area contributed by atoms with E-state index in [0.29, 0.717) is 4.90 Å². The van der Waals surface area contributed by atoms with E-state index in [1.807, 2.05) is 0 Å². The van der Waals surface area contributed by atoms with Crippen LogP contribution in [-0.2, 0) is 4.79 Å². The number of alkyl halides is 3. The lowest BCUT2D eigenvalue weighted by atomic mass is 9.97. The Morgan fingerprint density at radius 2 is 2.00 bits per heavy atom. The zero-order valence-corrected chi connectivity index (χ0v) is 12.2. The van der Waals surface area contributed by atoms with Gasteiger partial charge in [0.1, 0.15) is 17.6 Å². The minimum atomic E-state index is -4.59. The number of carbonyl (C=O) groups is 2. The minimum Gasteiger partial charge on any atom is -0.352 e. The summed E-state index contributed by atoms with van der Waals surface area (Å²) < 4.78 is 52.3. The van der Waals surface area contributed by atoms with Crippen LogP contribution < -0.4 is 5.32 Å². The Hall–Kier alpha value is -2.19. The average Bonchev–Trinajstić information content (AvgIpc) is 2.45. The molecule has 2 heterocycles. The van der Waals surface area contributed by atoms with Gasteiger partial charge in [0.15, 0.2) is 0 Å². The van der Waals surface area contributed by atoms with Crippen LogP contribution in [0.3, 0.4) is 0 Å². The van der Waals surface area contributed by atoms with E-state index >= 15 is 0 Å². The van der Waals surface area contributed by atoms with Crippen LogP contribution in [-0.4, -0.2) is 46.5 Å². The smallest absolute Gasteiger partial charge is 0.352 e. The molecule has 9 heteroatoms.